The molecule has 4 rings (SSSR count). The van der Waals surface area contributed by atoms with Crippen LogP contribution < -0.4 is 0 Å². The molecule has 0 unspecified atom stereocenters. The second kappa shape index (κ2) is 8.00. The number of carbonyl (C=O) groups is 2. The minimum atomic E-state index is -0.519. The Morgan fingerprint density at radius 3 is 2.83 bits per heavy atom. The van der Waals surface area contributed by atoms with Gasteiger partial charge in [-0.25, -0.2) is 4.39 Å². The summed E-state index contributed by atoms with van der Waals surface area (Å²) in [5.74, 6) is -0.241. The number of hydrogen-bond donors (Lipinski definition) is 0. The summed E-state index contributed by atoms with van der Waals surface area (Å²) in [7, 11) is 3.37. The van der Waals surface area contributed by atoms with Crippen LogP contribution in [0.15, 0.2) is 22.7 Å². The SMILES string of the molecule is COCC1(N(C)C(=O)c2noc3c2CN(C(=O)Cc2ccc(F)c(Cl)c2)CC3)CC1. The Labute approximate surface area is 178 Å². The Morgan fingerprint density at radius 1 is 1.40 bits per heavy atom. The summed E-state index contributed by atoms with van der Waals surface area (Å²) in [4.78, 5) is 29.2. The Kier molecular flexibility index (Phi) is 5.55. The smallest absolute Gasteiger partial charge is 0.276 e. The highest BCUT2D eigenvalue weighted by Crippen LogP contribution is 2.42. The molecule has 30 heavy (non-hydrogen) atoms. The molecule has 0 saturated heterocycles. The fourth-order valence-electron chi connectivity index (χ4n) is 3.89. The first-order chi connectivity index (χ1) is 14.3. The van der Waals surface area contributed by atoms with Crippen LogP contribution in [-0.4, -0.2) is 59.6 Å². The van der Waals surface area contributed by atoms with E-state index in [1.165, 1.54) is 12.1 Å². The van der Waals surface area contributed by atoms with Crippen LogP contribution in [0.2, 0.25) is 5.02 Å². The molecule has 1 aromatic carbocycles. The second-order valence-corrected chi connectivity index (χ2v) is 8.35. The van der Waals surface area contributed by atoms with Gasteiger partial charge in [-0.2, -0.15) is 0 Å². The van der Waals surface area contributed by atoms with E-state index in [-0.39, 0.29) is 41.0 Å². The van der Waals surface area contributed by atoms with Crippen LogP contribution in [0.4, 0.5) is 4.39 Å². The van der Waals surface area contributed by atoms with E-state index in [0.717, 1.165) is 12.8 Å². The standard InChI is InChI=1S/C21H23ClFN3O4/c1-25(21(6-7-21)12-29-2)20(28)19-14-11-26(8-5-17(14)30-24-19)18(27)10-13-3-4-16(23)15(22)9-13/h3-4,9H,5-8,10-12H2,1-2H3. The number of carbonyl (C=O) groups excluding carboxylic acids is 2. The number of ether oxygens (including phenoxy) is 1. The first kappa shape index (κ1) is 20.8. The van der Waals surface area contributed by atoms with E-state index in [2.05, 4.69) is 5.16 Å². The van der Waals surface area contributed by atoms with Crippen molar-refractivity contribution in [3.63, 3.8) is 0 Å². The second-order valence-electron chi connectivity index (χ2n) is 7.94. The minimum Gasteiger partial charge on any atom is -0.382 e. The molecule has 7 nitrogen and oxygen atoms in total. The molecule has 0 radical (unpaired) electrons. The Bertz CT molecular complexity index is 989. The normalized spacial score (nSPS) is 16.9. The van der Waals surface area contributed by atoms with Gasteiger partial charge < -0.3 is 19.1 Å². The average molecular weight is 436 g/mol. The van der Waals surface area contributed by atoms with Gasteiger partial charge >= 0.3 is 0 Å². The van der Waals surface area contributed by atoms with E-state index in [4.69, 9.17) is 20.9 Å². The highest BCUT2D eigenvalue weighted by molar-refractivity contribution is 6.30. The summed E-state index contributed by atoms with van der Waals surface area (Å²) in [6, 6.07) is 4.25. The van der Waals surface area contributed by atoms with Crippen LogP contribution in [0.5, 0.6) is 0 Å². The van der Waals surface area contributed by atoms with Gasteiger partial charge in [0.1, 0.15) is 11.6 Å². The van der Waals surface area contributed by atoms with Gasteiger partial charge in [0.2, 0.25) is 5.91 Å². The van der Waals surface area contributed by atoms with Gasteiger partial charge in [0.05, 0.1) is 30.1 Å². The molecule has 2 heterocycles. The molecule has 160 valence electrons. The van der Waals surface area contributed by atoms with Gasteiger partial charge in [-0.1, -0.05) is 22.8 Å². The third kappa shape index (κ3) is 3.81. The zero-order valence-electron chi connectivity index (χ0n) is 16.9. The Hall–Kier alpha value is -2.45. The van der Waals surface area contributed by atoms with Gasteiger partial charge in [-0.05, 0) is 30.5 Å². The topological polar surface area (TPSA) is 75.9 Å². The molecular formula is C21H23ClFN3O4. The number of nitrogens with zero attached hydrogens (tertiary/aromatic N) is 3. The fourth-order valence-corrected chi connectivity index (χ4v) is 4.09. The van der Waals surface area contributed by atoms with Gasteiger partial charge in [0.15, 0.2) is 5.69 Å². The van der Waals surface area contributed by atoms with Gasteiger partial charge in [0.25, 0.3) is 5.91 Å². The van der Waals surface area contributed by atoms with Crippen LogP contribution >= 0.6 is 11.6 Å². The molecule has 1 aliphatic heterocycles. The molecule has 0 bridgehead atoms. The molecule has 0 spiro atoms. The number of fused-ring (bicyclic) bond motifs is 1. The number of benzene rings is 1. The molecule has 0 atom stereocenters. The Morgan fingerprint density at radius 2 is 2.17 bits per heavy atom. The lowest BCUT2D eigenvalue weighted by molar-refractivity contribution is -0.131. The maximum Gasteiger partial charge on any atom is 0.276 e. The van der Waals surface area contributed by atoms with Gasteiger partial charge in [-0.15, -0.1) is 0 Å². The van der Waals surface area contributed by atoms with Crippen molar-refractivity contribution in [2.75, 3.05) is 27.3 Å². The number of methoxy groups -OCH3 is 1. The number of rotatable bonds is 6. The third-order valence-electron chi connectivity index (χ3n) is 5.98. The fraction of sp³-hybridized carbons (Fsp3) is 0.476. The van der Waals surface area contributed by atoms with E-state index in [1.54, 1.807) is 30.0 Å². The summed E-state index contributed by atoms with van der Waals surface area (Å²) < 4.78 is 24.0. The van der Waals surface area contributed by atoms with Crippen molar-refractivity contribution >= 4 is 23.4 Å². The van der Waals surface area contributed by atoms with Crippen molar-refractivity contribution in [3.8, 4) is 0 Å². The van der Waals surface area contributed by atoms with Crippen LogP contribution in [0.25, 0.3) is 0 Å². The van der Waals surface area contributed by atoms with E-state index in [9.17, 15) is 14.0 Å². The number of halogens is 2. The third-order valence-corrected chi connectivity index (χ3v) is 6.27. The van der Waals surface area contributed by atoms with Crippen LogP contribution in [-0.2, 0) is 28.9 Å². The van der Waals surface area contributed by atoms with E-state index >= 15 is 0 Å². The molecule has 1 fully saturated rings. The van der Waals surface area contributed by atoms with Crippen molar-refractivity contribution in [2.24, 2.45) is 0 Å². The number of aromatic nitrogens is 1. The van der Waals surface area contributed by atoms with E-state index in [0.29, 0.717) is 36.5 Å². The lowest BCUT2D eigenvalue weighted by atomic mass is 10.0. The maximum absolute atomic E-state index is 13.4. The van der Waals surface area contributed by atoms with E-state index < -0.39 is 5.82 Å². The quantitative estimate of drug-likeness (QED) is 0.697. The maximum atomic E-state index is 13.4. The summed E-state index contributed by atoms with van der Waals surface area (Å²) >= 11 is 5.81. The summed E-state index contributed by atoms with van der Waals surface area (Å²) in [5.41, 5.74) is 1.24. The zero-order chi connectivity index (χ0) is 21.5. The molecule has 9 heteroatoms. The van der Waals surface area contributed by atoms with Crippen LogP contribution in [0.1, 0.15) is 40.2 Å². The average Bonchev–Trinajstić information content (AvgIpc) is 3.39. The number of hydrogen-bond acceptors (Lipinski definition) is 5. The molecule has 1 aromatic heterocycles. The van der Waals surface area contributed by atoms with Crippen molar-refractivity contribution < 1.29 is 23.2 Å². The van der Waals surface area contributed by atoms with Crippen molar-refractivity contribution in [3.05, 3.63) is 51.6 Å². The minimum absolute atomic E-state index is 0.0127. The van der Waals surface area contributed by atoms with Crippen molar-refractivity contribution in [1.82, 2.24) is 15.0 Å². The van der Waals surface area contributed by atoms with Crippen molar-refractivity contribution in [2.45, 2.75) is 37.8 Å². The molecule has 2 aliphatic rings. The highest BCUT2D eigenvalue weighted by Gasteiger charge is 2.49. The van der Waals surface area contributed by atoms with Gasteiger partial charge in [0, 0.05) is 32.7 Å². The lowest BCUT2D eigenvalue weighted by Gasteiger charge is -2.29. The largest absolute Gasteiger partial charge is 0.382 e. The van der Waals surface area contributed by atoms with Crippen molar-refractivity contribution in [1.29, 1.82) is 0 Å². The zero-order valence-corrected chi connectivity index (χ0v) is 17.7. The van der Waals surface area contributed by atoms with Crippen LogP contribution in [0.3, 0.4) is 0 Å². The monoisotopic (exact) mass is 435 g/mol. The predicted octanol–water partition coefficient (Wildman–Crippen LogP) is 2.85. The molecular weight excluding hydrogens is 413 g/mol. The first-order valence-electron chi connectivity index (χ1n) is 9.81. The lowest BCUT2D eigenvalue weighted by Crippen LogP contribution is -2.43. The molecule has 0 N–H and O–H groups in total. The summed E-state index contributed by atoms with van der Waals surface area (Å²) in [6.07, 6.45) is 2.35. The number of likely N-dealkylation sites (N-methyl/N-ethyl adjacent to an activating group) is 1. The summed E-state index contributed by atoms with van der Waals surface area (Å²) in [6.45, 7) is 1.19. The summed E-state index contributed by atoms with van der Waals surface area (Å²) in [5, 5.41) is 4.00. The number of amides is 2. The first-order valence-corrected chi connectivity index (χ1v) is 10.2. The van der Waals surface area contributed by atoms with Gasteiger partial charge in [-0.3, -0.25) is 9.59 Å². The van der Waals surface area contributed by atoms with E-state index in [1.807, 2.05) is 0 Å². The molecule has 1 saturated carbocycles. The molecule has 1 aliphatic carbocycles. The highest BCUT2D eigenvalue weighted by atomic mass is 35.5. The Balaban J connectivity index is 1.48. The molecule has 2 aromatic rings. The van der Waals surface area contributed by atoms with Crippen LogP contribution in [0, 0.1) is 5.82 Å². The predicted molar refractivity (Wildman–Crippen MR) is 107 cm³/mol. The molecule has 2 amide bonds.